The molecule has 1 N–H and O–H groups in total. The predicted molar refractivity (Wildman–Crippen MR) is 108 cm³/mol. The van der Waals surface area contributed by atoms with Crippen LogP contribution in [0.25, 0.3) is 11.2 Å². The Morgan fingerprint density at radius 1 is 1.15 bits per heavy atom. The quantitative estimate of drug-likeness (QED) is 0.636. The van der Waals surface area contributed by atoms with Crippen molar-refractivity contribution in [1.82, 2.24) is 19.9 Å². The van der Waals surface area contributed by atoms with E-state index in [-0.39, 0.29) is 17.2 Å². The molecule has 0 bridgehead atoms. The van der Waals surface area contributed by atoms with Crippen LogP contribution in [0.5, 0.6) is 0 Å². The number of carbonyl (C=O) groups is 1. The van der Waals surface area contributed by atoms with Gasteiger partial charge in [-0.1, -0.05) is 43.0 Å². The van der Waals surface area contributed by atoms with E-state index in [2.05, 4.69) is 34.3 Å². The first-order valence-electron chi connectivity index (χ1n) is 8.95. The number of aromatic nitrogens is 3. The van der Waals surface area contributed by atoms with Gasteiger partial charge >= 0.3 is 0 Å². The number of hydrogen-bond acceptors (Lipinski definition) is 5. The summed E-state index contributed by atoms with van der Waals surface area (Å²) in [6, 6.07) is 11.8. The molecule has 0 aliphatic heterocycles. The number of fused-ring (bicyclic) bond motifs is 1. The van der Waals surface area contributed by atoms with Crippen molar-refractivity contribution in [3.05, 3.63) is 64.1 Å². The summed E-state index contributed by atoms with van der Waals surface area (Å²) in [6.07, 6.45) is 2.63. The monoisotopic (exact) mass is 382 g/mol. The Kier molecular flexibility index (Phi) is 6.24. The minimum Gasteiger partial charge on any atom is -0.351 e. The van der Waals surface area contributed by atoms with E-state index in [1.807, 2.05) is 25.1 Å². The molecule has 140 valence electrons. The van der Waals surface area contributed by atoms with Crippen LogP contribution in [0.15, 0.2) is 52.4 Å². The molecule has 1 aromatic carbocycles. The van der Waals surface area contributed by atoms with E-state index in [1.165, 1.54) is 5.56 Å². The van der Waals surface area contributed by atoms with Gasteiger partial charge in [-0.15, -0.1) is 0 Å². The standard InChI is InChI=1S/C20H22N4O2S/c1-3-14-7-9-15(10-8-14)12-22-17(25)13-27-19-20(26)24(4-2)18-16(23-19)6-5-11-21-18/h5-11H,3-4,12-13H2,1-2H3,(H,22,25). The maximum atomic E-state index is 12.6. The third kappa shape index (κ3) is 4.54. The normalized spacial score (nSPS) is 10.9. The lowest BCUT2D eigenvalue weighted by molar-refractivity contribution is -0.118. The number of nitrogens with zero attached hydrogens (tertiary/aromatic N) is 3. The highest BCUT2D eigenvalue weighted by Gasteiger charge is 2.13. The molecule has 0 aliphatic rings. The Labute approximate surface area is 162 Å². The molecule has 3 rings (SSSR count). The van der Waals surface area contributed by atoms with Gasteiger partial charge in [0, 0.05) is 19.3 Å². The zero-order chi connectivity index (χ0) is 19.2. The highest BCUT2D eigenvalue weighted by molar-refractivity contribution is 7.99. The Balaban J connectivity index is 1.64. The average Bonchev–Trinajstić information content (AvgIpc) is 2.71. The largest absolute Gasteiger partial charge is 0.351 e. The fraction of sp³-hybridized carbons (Fsp3) is 0.300. The molecular formula is C20H22N4O2S. The number of hydrogen-bond donors (Lipinski definition) is 1. The molecule has 27 heavy (non-hydrogen) atoms. The van der Waals surface area contributed by atoms with Gasteiger partial charge in [-0.2, -0.15) is 0 Å². The zero-order valence-electron chi connectivity index (χ0n) is 15.4. The fourth-order valence-corrected chi connectivity index (χ4v) is 3.48. The van der Waals surface area contributed by atoms with Crippen LogP contribution in [-0.4, -0.2) is 26.2 Å². The molecule has 0 atom stereocenters. The summed E-state index contributed by atoms with van der Waals surface area (Å²) in [6.45, 7) is 4.97. The Bertz CT molecular complexity index is 999. The van der Waals surface area contributed by atoms with Gasteiger partial charge in [-0.3, -0.25) is 14.2 Å². The molecule has 7 heteroatoms. The van der Waals surface area contributed by atoms with Crippen molar-refractivity contribution in [2.75, 3.05) is 5.75 Å². The van der Waals surface area contributed by atoms with Crippen LogP contribution >= 0.6 is 11.8 Å². The minimum absolute atomic E-state index is 0.130. The molecule has 2 heterocycles. The van der Waals surface area contributed by atoms with E-state index >= 15 is 0 Å². The van der Waals surface area contributed by atoms with Crippen molar-refractivity contribution >= 4 is 28.8 Å². The third-order valence-electron chi connectivity index (χ3n) is 4.25. The lowest BCUT2D eigenvalue weighted by Gasteiger charge is -2.09. The second-order valence-electron chi connectivity index (χ2n) is 6.05. The smallest absolute Gasteiger partial charge is 0.284 e. The van der Waals surface area contributed by atoms with Crippen molar-refractivity contribution in [3.8, 4) is 0 Å². The maximum absolute atomic E-state index is 12.6. The molecule has 3 aromatic rings. The lowest BCUT2D eigenvalue weighted by Crippen LogP contribution is -2.27. The molecule has 6 nitrogen and oxygen atoms in total. The first-order chi connectivity index (χ1) is 13.1. The highest BCUT2D eigenvalue weighted by atomic mass is 32.2. The third-order valence-corrected chi connectivity index (χ3v) is 5.19. The summed E-state index contributed by atoms with van der Waals surface area (Å²) in [5.41, 5.74) is 3.32. The summed E-state index contributed by atoms with van der Waals surface area (Å²) in [5.74, 6) is 0.0141. The second kappa shape index (κ2) is 8.81. The lowest BCUT2D eigenvalue weighted by atomic mass is 10.1. The van der Waals surface area contributed by atoms with Gasteiger partial charge in [0.05, 0.1) is 5.75 Å². The molecule has 1 amide bonds. The highest BCUT2D eigenvalue weighted by Crippen LogP contribution is 2.15. The number of amides is 1. The first-order valence-corrected chi connectivity index (χ1v) is 9.93. The van der Waals surface area contributed by atoms with E-state index in [0.717, 1.165) is 23.7 Å². The maximum Gasteiger partial charge on any atom is 0.284 e. The molecule has 0 spiro atoms. The van der Waals surface area contributed by atoms with E-state index in [1.54, 1.807) is 16.8 Å². The van der Waals surface area contributed by atoms with Crippen molar-refractivity contribution in [3.63, 3.8) is 0 Å². The zero-order valence-corrected chi connectivity index (χ0v) is 16.3. The Morgan fingerprint density at radius 3 is 2.59 bits per heavy atom. The van der Waals surface area contributed by atoms with Crippen molar-refractivity contribution < 1.29 is 4.79 Å². The summed E-state index contributed by atoms with van der Waals surface area (Å²) in [4.78, 5) is 33.4. The summed E-state index contributed by atoms with van der Waals surface area (Å²) in [5, 5.41) is 3.20. The number of pyridine rings is 1. The summed E-state index contributed by atoms with van der Waals surface area (Å²) in [7, 11) is 0. The van der Waals surface area contributed by atoms with Crippen LogP contribution in [0, 0.1) is 0 Å². The number of thioether (sulfide) groups is 1. The van der Waals surface area contributed by atoms with Crippen LogP contribution in [-0.2, 0) is 24.3 Å². The molecule has 0 unspecified atom stereocenters. The van der Waals surface area contributed by atoms with Gasteiger partial charge < -0.3 is 5.32 Å². The van der Waals surface area contributed by atoms with Crippen LogP contribution in [0.3, 0.4) is 0 Å². The minimum atomic E-state index is -0.211. The number of nitrogens with one attached hydrogen (secondary N) is 1. The average molecular weight is 382 g/mol. The summed E-state index contributed by atoms with van der Waals surface area (Å²) >= 11 is 1.16. The molecule has 0 radical (unpaired) electrons. The van der Waals surface area contributed by atoms with E-state index in [4.69, 9.17) is 0 Å². The van der Waals surface area contributed by atoms with Crippen LogP contribution in [0.2, 0.25) is 0 Å². The predicted octanol–water partition coefficient (Wildman–Crippen LogP) is 2.78. The fourth-order valence-electron chi connectivity index (χ4n) is 2.72. The van der Waals surface area contributed by atoms with Crippen LogP contribution in [0.1, 0.15) is 25.0 Å². The van der Waals surface area contributed by atoms with Crippen molar-refractivity contribution in [2.45, 2.75) is 38.4 Å². The Morgan fingerprint density at radius 2 is 1.89 bits per heavy atom. The molecule has 0 aliphatic carbocycles. The van der Waals surface area contributed by atoms with Gasteiger partial charge in [0.15, 0.2) is 10.7 Å². The SMILES string of the molecule is CCc1ccc(CNC(=O)CSc2nc3cccnc3n(CC)c2=O)cc1. The van der Waals surface area contributed by atoms with Crippen molar-refractivity contribution in [2.24, 2.45) is 0 Å². The number of carbonyl (C=O) groups excluding carboxylic acids is 1. The van der Waals surface area contributed by atoms with E-state index < -0.39 is 0 Å². The van der Waals surface area contributed by atoms with Gasteiger partial charge in [0.2, 0.25) is 5.91 Å². The molecule has 0 saturated heterocycles. The second-order valence-corrected chi connectivity index (χ2v) is 7.01. The Hall–Kier alpha value is -2.67. The van der Waals surface area contributed by atoms with Gasteiger partial charge in [-0.25, -0.2) is 9.97 Å². The number of benzene rings is 1. The number of rotatable bonds is 7. The number of aryl methyl sites for hydroxylation is 2. The van der Waals surface area contributed by atoms with E-state index in [9.17, 15) is 9.59 Å². The summed E-state index contributed by atoms with van der Waals surface area (Å²) < 4.78 is 1.58. The molecular weight excluding hydrogens is 360 g/mol. The molecule has 0 saturated carbocycles. The van der Waals surface area contributed by atoms with Gasteiger partial charge in [-0.05, 0) is 36.6 Å². The van der Waals surface area contributed by atoms with Gasteiger partial charge in [0.25, 0.3) is 5.56 Å². The molecule has 0 fully saturated rings. The molecule has 2 aromatic heterocycles. The van der Waals surface area contributed by atoms with Gasteiger partial charge in [0.1, 0.15) is 5.52 Å². The first kappa shape index (κ1) is 19.1. The van der Waals surface area contributed by atoms with Crippen LogP contribution in [0.4, 0.5) is 0 Å². The van der Waals surface area contributed by atoms with E-state index in [0.29, 0.717) is 29.3 Å². The van der Waals surface area contributed by atoms with Crippen LogP contribution < -0.4 is 10.9 Å². The van der Waals surface area contributed by atoms with Crippen molar-refractivity contribution in [1.29, 1.82) is 0 Å². The topological polar surface area (TPSA) is 76.9 Å².